The SMILES string of the molecule is CC(=O)Nc1ccc(C)c(NC2CCC(C)CC2C)c1. The van der Waals surface area contributed by atoms with Crippen LogP contribution in [0.2, 0.25) is 0 Å². The fraction of sp³-hybridized carbons (Fsp3) is 0.588. The molecule has 1 aliphatic rings. The molecule has 3 nitrogen and oxygen atoms in total. The summed E-state index contributed by atoms with van der Waals surface area (Å²) in [6.07, 6.45) is 3.82. The van der Waals surface area contributed by atoms with E-state index in [4.69, 9.17) is 0 Å². The second kappa shape index (κ2) is 6.29. The van der Waals surface area contributed by atoms with Crippen LogP contribution in [0.4, 0.5) is 11.4 Å². The summed E-state index contributed by atoms with van der Waals surface area (Å²) in [5, 5.41) is 6.53. The first-order valence-corrected chi connectivity index (χ1v) is 7.60. The summed E-state index contributed by atoms with van der Waals surface area (Å²) in [5.41, 5.74) is 3.23. The Morgan fingerprint density at radius 3 is 2.65 bits per heavy atom. The third kappa shape index (κ3) is 3.75. The van der Waals surface area contributed by atoms with Gasteiger partial charge in [0.1, 0.15) is 0 Å². The number of amides is 1. The van der Waals surface area contributed by atoms with Gasteiger partial charge in [0.15, 0.2) is 0 Å². The Hall–Kier alpha value is -1.51. The van der Waals surface area contributed by atoms with E-state index in [0.717, 1.165) is 17.3 Å². The van der Waals surface area contributed by atoms with Gasteiger partial charge in [-0.15, -0.1) is 0 Å². The van der Waals surface area contributed by atoms with Gasteiger partial charge in [0.25, 0.3) is 0 Å². The van der Waals surface area contributed by atoms with Crippen LogP contribution in [-0.2, 0) is 4.79 Å². The molecule has 0 aliphatic heterocycles. The summed E-state index contributed by atoms with van der Waals surface area (Å²) in [6, 6.07) is 6.59. The van der Waals surface area contributed by atoms with Crippen LogP contribution in [0, 0.1) is 18.8 Å². The molecule has 110 valence electrons. The fourth-order valence-electron chi connectivity index (χ4n) is 3.14. The fourth-order valence-corrected chi connectivity index (χ4v) is 3.14. The number of carbonyl (C=O) groups excluding carboxylic acids is 1. The van der Waals surface area contributed by atoms with Gasteiger partial charge in [0.05, 0.1) is 0 Å². The monoisotopic (exact) mass is 274 g/mol. The number of rotatable bonds is 3. The van der Waals surface area contributed by atoms with Crippen LogP contribution in [0.1, 0.15) is 45.6 Å². The molecule has 2 rings (SSSR count). The normalized spacial score (nSPS) is 26.1. The van der Waals surface area contributed by atoms with E-state index in [1.165, 1.54) is 31.7 Å². The van der Waals surface area contributed by atoms with E-state index in [2.05, 4.69) is 37.5 Å². The zero-order chi connectivity index (χ0) is 14.7. The first-order valence-electron chi connectivity index (χ1n) is 7.60. The van der Waals surface area contributed by atoms with Crippen molar-refractivity contribution in [2.75, 3.05) is 10.6 Å². The second-order valence-electron chi connectivity index (χ2n) is 6.36. The number of benzene rings is 1. The number of hydrogen-bond donors (Lipinski definition) is 2. The maximum absolute atomic E-state index is 11.2. The molecule has 3 heteroatoms. The van der Waals surface area contributed by atoms with Crippen LogP contribution in [0.5, 0.6) is 0 Å². The zero-order valence-corrected chi connectivity index (χ0v) is 13.0. The summed E-state index contributed by atoms with van der Waals surface area (Å²) < 4.78 is 0. The third-order valence-electron chi connectivity index (χ3n) is 4.33. The van der Waals surface area contributed by atoms with E-state index in [9.17, 15) is 4.79 Å². The Kier molecular flexibility index (Phi) is 4.69. The minimum absolute atomic E-state index is 0.0281. The van der Waals surface area contributed by atoms with Crippen molar-refractivity contribution in [2.45, 2.75) is 53.0 Å². The highest BCUT2D eigenvalue weighted by Gasteiger charge is 2.25. The summed E-state index contributed by atoms with van der Waals surface area (Å²) in [5.74, 6) is 1.51. The Balaban J connectivity index is 2.10. The van der Waals surface area contributed by atoms with Gasteiger partial charge in [0.2, 0.25) is 5.91 Å². The van der Waals surface area contributed by atoms with Crippen LogP contribution < -0.4 is 10.6 Å². The standard InChI is InChI=1S/C17H26N2O/c1-11-5-8-16(13(3)9-11)19-17-10-15(18-14(4)20)7-6-12(17)2/h6-7,10-11,13,16,19H,5,8-9H2,1-4H3,(H,18,20). The minimum Gasteiger partial charge on any atom is -0.382 e. The first kappa shape index (κ1) is 14.9. The maximum atomic E-state index is 11.2. The minimum atomic E-state index is -0.0281. The highest BCUT2D eigenvalue weighted by atomic mass is 16.1. The van der Waals surface area contributed by atoms with Crippen molar-refractivity contribution in [1.82, 2.24) is 0 Å². The molecule has 1 fully saturated rings. The predicted molar refractivity (Wildman–Crippen MR) is 85.1 cm³/mol. The largest absolute Gasteiger partial charge is 0.382 e. The molecule has 3 atom stereocenters. The molecule has 1 amide bonds. The van der Waals surface area contributed by atoms with Crippen LogP contribution in [0.15, 0.2) is 18.2 Å². The number of nitrogens with one attached hydrogen (secondary N) is 2. The molecule has 20 heavy (non-hydrogen) atoms. The lowest BCUT2D eigenvalue weighted by atomic mass is 9.80. The summed E-state index contributed by atoms with van der Waals surface area (Å²) >= 11 is 0. The molecule has 0 spiro atoms. The Bertz CT molecular complexity index is 484. The molecule has 3 unspecified atom stereocenters. The van der Waals surface area contributed by atoms with Crippen molar-refractivity contribution in [3.8, 4) is 0 Å². The molecule has 2 N–H and O–H groups in total. The van der Waals surface area contributed by atoms with Gasteiger partial charge in [-0.2, -0.15) is 0 Å². The van der Waals surface area contributed by atoms with Crippen molar-refractivity contribution in [3.63, 3.8) is 0 Å². The van der Waals surface area contributed by atoms with Gasteiger partial charge in [-0.25, -0.2) is 0 Å². The molecule has 0 aromatic heterocycles. The van der Waals surface area contributed by atoms with Crippen LogP contribution >= 0.6 is 0 Å². The van der Waals surface area contributed by atoms with Gasteiger partial charge in [-0.1, -0.05) is 19.9 Å². The van der Waals surface area contributed by atoms with E-state index >= 15 is 0 Å². The zero-order valence-electron chi connectivity index (χ0n) is 13.0. The van der Waals surface area contributed by atoms with E-state index < -0.39 is 0 Å². The average Bonchev–Trinajstić information content (AvgIpc) is 2.36. The second-order valence-corrected chi connectivity index (χ2v) is 6.36. The third-order valence-corrected chi connectivity index (χ3v) is 4.33. The molecule has 0 radical (unpaired) electrons. The van der Waals surface area contributed by atoms with Gasteiger partial charge < -0.3 is 10.6 Å². The smallest absolute Gasteiger partial charge is 0.221 e. The summed E-state index contributed by atoms with van der Waals surface area (Å²) in [4.78, 5) is 11.2. The Morgan fingerprint density at radius 2 is 2.00 bits per heavy atom. The predicted octanol–water partition coefficient (Wildman–Crippen LogP) is 4.19. The van der Waals surface area contributed by atoms with Crippen molar-refractivity contribution < 1.29 is 4.79 Å². The summed E-state index contributed by atoms with van der Waals surface area (Å²) in [6.45, 7) is 8.32. The van der Waals surface area contributed by atoms with E-state index in [0.29, 0.717) is 12.0 Å². The molecule has 1 aliphatic carbocycles. The van der Waals surface area contributed by atoms with E-state index in [-0.39, 0.29) is 5.91 Å². The maximum Gasteiger partial charge on any atom is 0.221 e. The number of anilines is 2. The van der Waals surface area contributed by atoms with Gasteiger partial charge in [0, 0.05) is 24.3 Å². The highest BCUT2D eigenvalue weighted by Crippen LogP contribution is 2.32. The molecule has 1 aromatic carbocycles. The molecular weight excluding hydrogens is 248 g/mol. The quantitative estimate of drug-likeness (QED) is 0.867. The Labute approximate surface area is 122 Å². The molecule has 0 bridgehead atoms. The first-order chi connectivity index (χ1) is 9.45. The lowest BCUT2D eigenvalue weighted by Gasteiger charge is -2.34. The van der Waals surface area contributed by atoms with Gasteiger partial charge in [-0.3, -0.25) is 4.79 Å². The van der Waals surface area contributed by atoms with E-state index in [1.807, 2.05) is 12.1 Å². The van der Waals surface area contributed by atoms with Crippen LogP contribution in [-0.4, -0.2) is 11.9 Å². The van der Waals surface area contributed by atoms with E-state index in [1.54, 1.807) is 0 Å². The topological polar surface area (TPSA) is 41.1 Å². The average molecular weight is 274 g/mol. The molecule has 1 aromatic rings. The number of aryl methyl sites for hydroxylation is 1. The van der Waals surface area contributed by atoms with Gasteiger partial charge >= 0.3 is 0 Å². The van der Waals surface area contributed by atoms with Crippen LogP contribution in [0.3, 0.4) is 0 Å². The lowest BCUT2D eigenvalue weighted by Crippen LogP contribution is -2.33. The number of hydrogen-bond acceptors (Lipinski definition) is 2. The van der Waals surface area contributed by atoms with Crippen molar-refractivity contribution in [1.29, 1.82) is 0 Å². The molecule has 0 saturated heterocycles. The van der Waals surface area contributed by atoms with Gasteiger partial charge in [-0.05, 0) is 55.7 Å². The summed E-state index contributed by atoms with van der Waals surface area (Å²) in [7, 11) is 0. The highest BCUT2D eigenvalue weighted by molar-refractivity contribution is 5.89. The van der Waals surface area contributed by atoms with Crippen molar-refractivity contribution in [3.05, 3.63) is 23.8 Å². The van der Waals surface area contributed by atoms with Crippen LogP contribution in [0.25, 0.3) is 0 Å². The number of carbonyl (C=O) groups is 1. The molecular formula is C17H26N2O. The molecule has 0 heterocycles. The molecule has 1 saturated carbocycles. The Morgan fingerprint density at radius 1 is 1.25 bits per heavy atom. The van der Waals surface area contributed by atoms with Crippen molar-refractivity contribution >= 4 is 17.3 Å². The lowest BCUT2D eigenvalue weighted by molar-refractivity contribution is -0.114. The van der Waals surface area contributed by atoms with Crippen molar-refractivity contribution in [2.24, 2.45) is 11.8 Å².